The summed E-state index contributed by atoms with van der Waals surface area (Å²) in [6.45, 7) is 9.69. The van der Waals surface area contributed by atoms with E-state index < -0.39 is 0 Å². The number of ether oxygens (including phenoxy) is 2. The van der Waals surface area contributed by atoms with Crippen molar-refractivity contribution < 1.29 is 14.3 Å². The van der Waals surface area contributed by atoms with Crippen LogP contribution in [0.2, 0.25) is 5.02 Å². The molecule has 0 atom stereocenters. The lowest BCUT2D eigenvalue weighted by Gasteiger charge is -2.27. The van der Waals surface area contributed by atoms with Gasteiger partial charge in [0.2, 0.25) is 0 Å². The number of amides is 1. The molecule has 6 nitrogen and oxygen atoms in total. The summed E-state index contributed by atoms with van der Waals surface area (Å²) in [5, 5.41) is 1.38. The van der Waals surface area contributed by atoms with Gasteiger partial charge in [0, 0.05) is 36.8 Å². The molecule has 0 saturated carbocycles. The quantitative estimate of drug-likeness (QED) is 0.287. The molecule has 190 valence electrons. The van der Waals surface area contributed by atoms with Crippen LogP contribution in [0.25, 0.3) is 10.2 Å². The number of benzene rings is 2. The first-order valence-electron chi connectivity index (χ1n) is 12.0. The van der Waals surface area contributed by atoms with E-state index in [0.717, 1.165) is 73.6 Å². The molecule has 35 heavy (non-hydrogen) atoms. The molecular weight excluding hydrogens is 505 g/mol. The summed E-state index contributed by atoms with van der Waals surface area (Å²) < 4.78 is 12.3. The molecule has 9 heteroatoms. The predicted octanol–water partition coefficient (Wildman–Crippen LogP) is 6.23. The van der Waals surface area contributed by atoms with Crippen molar-refractivity contribution in [1.82, 2.24) is 9.88 Å². The van der Waals surface area contributed by atoms with Crippen LogP contribution in [0.3, 0.4) is 0 Å². The van der Waals surface area contributed by atoms with Crippen molar-refractivity contribution in [2.24, 2.45) is 0 Å². The summed E-state index contributed by atoms with van der Waals surface area (Å²) in [5.41, 5.74) is 2.51. The van der Waals surface area contributed by atoms with Gasteiger partial charge in [-0.2, -0.15) is 0 Å². The number of carbonyl (C=O) groups excluding carboxylic acids is 1. The SMILES string of the molecule is CCCCOc1cccc(C(=O)N(CCCN2CCOCC2)c2nc3c(C)cc(Cl)cc3s2)c1.Cl. The zero-order chi connectivity index (χ0) is 23.9. The Morgan fingerprint density at radius 3 is 2.80 bits per heavy atom. The standard InChI is InChI=1S/C26H32ClN3O3S.ClH/c1-3-4-13-33-22-8-5-7-20(17-22)25(31)30(10-6-9-29-11-14-32-15-12-29)26-28-24-19(2)16-21(27)18-23(24)34-26;/h5,7-8,16-18H,3-4,6,9-15H2,1-2H3;1H. The zero-order valence-electron chi connectivity index (χ0n) is 20.3. The van der Waals surface area contributed by atoms with E-state index in [9.17, 15) is 4.79 Å². The van der Waals surface area contributed by atoms with Gasteiger partial charge >= 0.3 is 0 Å². The first-order chi connectivity index (χ1) is 16.5. The second kappa shape index (κ2) is 13.4. The molecule has 1 fully saturated rings. The maximum atomic E-state index is 13.7. The second-order valence-corrected chi connectivity index (χ2v) is 10.0. The Hall–Kier alpha value is -1.90. The van der Waals surface area contributed by atoms with E-state index in [1.807, 2.05) is 48.2 Å². The third-order valence-corrected chi connectivity index (χ3v) is 7.17. The number of thiazole rings is 1. The van der Waals surface area contributed by atoms with Gasteiger partial charge in [-0.15, -0.1) is 12.4 Å². The number of aryl methyl sites for hydroxylation is 1. The zero-order valence-corrected chi connectivity index (χ0v) is 22.7. The van der Waals surface area contributed by atoms with E-state index in [2.05, 4.69) is 11.8 Å². The van der Waals surface area contributed by atoms with Crippen molar-refractivity contribution in [1.29, 1.82) is 0 Å². The Morgan fingerprint density at radius 2 is 2.03 bits per heavy atom. The molecule has 1 aliphatic rings. The highest BCUT2D eigenvalue weighted by Crippen LogP contribution is 2.34. The van der Waals surface area contributed by atoms with Crippen molar-refractivity contribution in [2.75, 3.05) is 50.9 Å². The molecule has 4 rings (SSSR count). The maximum absolute atomic E-state index is 13.7. The number of nitrogens with zero attached hydrogens (tertiary/aromatic N) is 3. The van der Waals surface area contributed by atoms with E-state index in [1.54, 1.807) is 0 Å². The fraction of sp³-hybridized carbons (Fsp3) is 0.462. The number of hydrogen-bond acceptors (Lipinski definition) is 6. The van der Waals surface area contributed by atoms with Crippen LogP contribution in [0.5, 0.6) is 5.75 Å². The lowest BCUT2D eigenvalue weighted by molar-refractivity contribution is 0.0376. The van der Waals surface area contributed by atoms with Gasteiger partial charge in [-0.25, -0.2) is 4.98 Å². The maximum Gasteiger partial charge on any atom is 0.260 e. The number of rotatable bonds is 10. The first-order valence-corrected chi connectivity index (χ1v) is 13.2. The molecule has 1 saturated heterocycles. The number of halogens is 2. The molecule has 1 aliphatic heterocycles. The van der Waals surface area contributed by atoms with E-state index in [0.29, 0.717) is 28.9 Å². The average Bonchev–Trinajstić information content (AvgIpc) is 3.26. The second-order valence-electron chi connectivity index (χ2n) is 8.56. The summed E-state index contributed by atoms with van der Waals surface area (Å²) in [5.74, 6) is 0.658. The summed E-state index contributed by atoms with van der Waals surface area (Å²) in [7, 11) is 0. The molecule has 2 heterocycles. The van der Waals surface area contributed by atoms with E-state index in [1.165, 1.54) is 11.3 Å². The number of morpholine rings is 1. The van der Waals surface area contributed by atoms with Gasteiger partial charge in [-0.1, -0.05) is 42.3 Å². The topological polar surface area (TPSA) is 54.9 Å². The van der Waals surface area contributed by atoms with Crippen LogP contribution >= 0.6 is 35.3 Å². The van der Waals surface area contributed by atoms with Gasteiger partial charge in [0.1, 0.15) is 5.75 Å². The Labute approximate surface area is 222 Å². The van der Waals surface area contributed by atoms with Gasteiger partial charge in [-0.3, -0.25) is 14.6 Å². The Bertz CT molecular complexity index is 1120. The largest absolute Gasteiger partial charge is 0.494 e. The molecule has 0 spiro atoms. The molecule has 0 radical (unpaired) electrons. The van der Waals surface area contributed by atoms with Crippen LogP contribution in [-0.2, 0) is 4.74 Å². The van der Waals surface area contributed by atoms with Crippen LogP contribution < -0.4 is 9.64 Å². The Balaban J connectivity index is 0.00000342. The lowest BCUT2D eigenvalue weighted by atomic mass is 10.2. The van der Waals surface area contributed by atoms with Gasteiger partial charge in [0.25, 0.3) is 5.91 Å². The minimum atomic E-state index is -0.0641. The van der Waals surface area contributed by atoms with Gasteiger partial charge < -0.3 is 9.47 Å². The highest BCUT2D eigenvalue weighted by Gasteiger charge is 2.23. The lowest BCUT2D eigenvalue weighted by Crippen LogP contribution is -2.39. The highest BCUT2D eigenvalue weighted by atomic mass is 35.5. The molecule has 1 aromatic heterocycles. The molecule has 0 unspecified atom stereocenters. The number of hydrogen-bond donors (Lipinski definition) is 0. The third kappa shape index (κ3) is 7.30. The molecule has 2 aromatic carbocycles. The number of carbonyl (C=O) groups is 1. The van der Waals surface area contributed by atoms with Crippen molar-refractivity contribution in [2.45, 2.75) is 33.1 Å². The van der Waals surface area contributed by atoms with Crippen molar-refractivity contribution >= 4 is 56.6 Å². The Kier molecular flexibility index (Phi) is 10.6. The summed E-state index contributed by atoms with van der Waals surface area (Å²) in [6, 6.07) is 11.3. The van der Waals surface area contributed by atoms with E-state index >= 15 is 0 Å². The monoisotopic (exact) mass is 537 g/mol. The number of fused-ring (bicyclic) bond motifs is 1. The Morgan fingerprint density at radius 1 is 1.23 bits per heavy atom. The molecule has 0 aliphatic carbocycles. The van der Waals surface area contributed by atoms with Crippen LogP contribution in [0.1, 0.15) is 42.1 Å². The molecule has 0 bridgehead atoms. The molecule has 0 N–H and O–H groups in total. The van der Waals surface area contributed by atoms with Crippen molar-refractivity contribution in [3.8, 4) is 5.75 Å². The van der Waals surface area contributed by atoms with E-state index in [4.69, 9.17) is 26.1 Å². The number of aromatic nitrogens is 1. The summed E-state index contributed by atoms with van der Waals surface area (Å²) >= 11 is 7.79. The normalized spacial score (nSPS) is 14.0. The summed E-state index contributed by atoms with van der Waals surface area (Å²) in [6.07, 6.45) is 2.91. The number of unbranched alkanes of at least 4 members (excludes halogenated alkanes) is 1. The molecular formula is C26H33Cl2N3O3S. The smallest absolute Gasteiger partial charge is 0.260 e. The minimum Gasteiger partial charge on any atom is -0.494 e. The van der Waals surface area contributed by atoms with Crippen molar-refractivity contribution in [3.63, 3.8) is 0 Å². The van der Waals surface area contributed by atoms with Crippen molar-refractivity contribution in [3.05, 3.63) is 52.5 Å². The highest BCUT2D eigenvalue weighted by molar-refractivity contribution is 7.22. The minimum absolute atomic E-state index is 0. The summed E-state index contributed by atoms with van der Waals surface area (Å²) in [4.78, 5) is 22.8. The third-order valence-electron chi connectivity index (χ3n) is 5.92. The van der Waals surface area contributed by atoms with Crippen LogP contribution in [0, 0.1) is 6.92 Å². The van der Waals surface area contributed by atoms with Gasteiger partial charge in [-0.05, 0) is 55.7 Å². The molecule has 3 aromatic rings. The number of anilines is 1. The predicted molar refractivity (Wildman–Crippen MR) is 147 cm³/mol. The average molecular weight is 539 g/mol. The first kappa shape index (κ1) is 27.7. The van der Waals surface area contributed by atoms with Crippen LogP contribution in [-0.4, -0.2) is 61.8 Å². The van der Waals surface area contributed by atoms with Gasteiger partial charge in [0.05, 0.1) is 30.0 Å². The van der Waals surface area contributed by atoms with Gasteiger partial charge in [0.15, 0.2) is 5.13 Å². The van der Waals surface area contributed by atoms with Crippen LogP contribution in [0.4, 0.5) is 5.13 Å². The molecule has 1 amide bonds. The fourth-order valence-electron chi connectivity index (χ4n) is 4.03. The van der Waals surface area contributed by atoms with E-state index in [-0.39, 0.29) is 18.3 Å². The fourth-order valence-corrected chi connectivity index (χ4v) is 5.47. The van der Waals surface area contributed by atoms with Crippen LogP contribution in [0.15, 0.2) is 36.4 Å².